The molecule has 0 radical (unpaired) electrons. The molecule has 2 aliphatic heterocycles. The fraction of sp³-hybridized carbons (Fsp3) is 0.0556. The molecule has 6 nitrogen and oxygen atoms in total. The van der Waals surface area contributed by atoms with E-state index < -0.39 is 11.9 Å². The quantitative estimate of drug-likeness (QED) is 0.825. The maximum atomic E-state index is 12.2. The Morgan fingerprint density at radius 3 is 2.68 bits per heavy atom. The van der Waals surface area contributed by atoms with E-state index in [1.807, 2.05) is 31.2 Å². The predicted octanol–water partition coefficient (Wildman–Crippen LogP) is 1.33. The summed E-state index contributed by atoms with van der Waals surface area (Å²) in [4.78, 5) is 33.3. The third-order valence-corrected chi connectivity index (χ3v) is 4.19. The molecule has 2 aromatic carbocycles. The summed E-state index contributed by atoms with van der Waals surface area (Å²) < 4.78 is 0. The number of hydrogen-bond donors (Lipinski definition) is 1. The number of hydrogen-bond acceptors (Lipinski definition) is 5. The molecule has 0 atom stereocenters. The maximum Gasteiger partial charge on any atom is 0.376 e. The highest BCUT2D eigenvalue weighted by atomic mass is 35.5. The van der Waals surface area contributed by atoms with E-state index >= 15 is 0 Å². The second-order valence-corrected chi connectivity index (χ2v) is 6.11. The monoisotopic (exact) mass is 353 g/mol. The molecule has 1 saturated heterocycles. The predicted molar refractivity (Wildman–Crippen MR) is 91.6 cm³/mol. The largest absolute Gasteiger partial charge is 0.376 e. The number of anilines is 1. The van der Waals surface area contributed by atoms with Crippen LogP contribution in [0.1, 0.15) is 5.56 Å². The number of fused-ring (bicyclic) bond motifs is 1. The van der Waals surface area contributed by atoms with Gasteiger partial charge in [-0.1, -0.05) is 34.9 Å². The minimum Gasteiger partial charge on any atom is -0.345 e. The summed E-state index contributed by atoms with van der Waals surface area (Å²) in [6, 6.07) is 12.5. The highest BCUT2D eigenvalue weighted by Crippen LogP contribution is 2.24. The summed E-state index contributed by atoms with van der Waals surface area (Å²) >= 11 is 6.02. The minimum atomic E-state index is -0.587. The van der Waals surface area contributed by atoms with Crippen LogP contribution in [-0.4, -0.2) is 11.9 Å². The molecule has 2 heterocycles. The van der Waals surface area contributed by atoms with E-state index in [2.05, 4.69) is 10.6 Å². The van der Waals surface area contributed by atoms with Crippen LogP contribution < -0.4 is 21.2 Å². The molecule has 1 N–H and O–H groups in total. The topological polar surface area (TPSA) is 71.0 Å². The Balaban J connectivity index is 1.85. The van der Waals surface area contributed by atoms with E-state index in [4.69, 9.17) is 16.4 Å². The molecule has 4 rings (SSSR count). The summed E-state index contributed by atoms with van der Waals surface area (Å²) in [7, 11) is 0. The summed E-state index contributed by atoms with van der Waals surface area (Å²) in [5.41, 5.74) is 4.83. The lowest BCUT2D eigenvalue weighted by atomic mass is 10.1. The average Bonchev–Trinajstić information content (AvgIpc) is 3.10. The van der Waals surface area contributed by atoms with Gasteiger partial charge < -0.3 is 4.84 Å². The van der Waals surface area contributed by atoms with E-state index in [1.165, 1.54) is 11.1 Å². The van der Waals surface area contributed by atoms with Crippen molar-refractivity contribution >= 4 is 34.7 Å². The number of nitrogens with zero attached hydrogens (tertiary/aromatic N) is 2. The number of rotatable bonds is 2. The molecule has 0 aliphatic carbocycles. The van der Waals surface area contributed by atoms with Gasteiger partial charge in [-0.05, 0) is 43.3 Å². The number of carbonyl (C=O) groups is 2. The zero-order chi connectivity index (χ0) is 17.6. The first-order chi connectivity index (χ1) is 12.0. The third-order valence-electron chi connectivity index (χ3n) is 3.95. The molecule has 124 valence electrons. The fourth-order valence-corrected chi connectivity index (χ4v) is 2.84. The highest BCUT2D eigenvalue weighted by molar-refractivity contribution is 6.30. The maximum absolute atomic E-state index is 12.2. The lowest BCUT2D eigenvalue weighted by Gasteiger charge is -2.15. The summed E-state index contributed by atoms with van der Waals surface area (Å²) in [6.07, 6.45) is 1.47. The number of halogens is 1. The molecule has 0 spiro atoms. The van der Waals surface area contributed by atoms with Gasteiger partial charge >= 0.3 is 5.97 Å². The summed E-state index contributed by atoms with van der Waals surface area (Å²) in [5.74, 6) is -1.01. The van der Waals surface area contributed by atoms with E-state index in [0.29, 0.717) is 26.9 Å². The van der Waals surface area contributed by atoms with E-state index in [0.717, 1.165) is 5.56 Å². The molecule has 1 amide bonds. The van der Waals surface area contributed by atoms with Crippen LogP contribution in [0.3, 0.4) is 0 Å². The van der Waals surface area contributed by atoms with Crippen molar-refractivity contribution in [3.05, 3.63) is 75.4 Å². The second-order valence-electron chi connectivity index (χ2n) is 5.67. The number of hydrazine groups is 1. The van der Waals surface area contributed by atoms with Gasteiger partial charge in [0.15, 0.2) is 0 Å². The van der Waals surface area contributed by atoms with Gasteiger partial charge in [-0.2, -0.15) is 0 Å². The number of aryl methyl sites for hydroxylation is 1. The Kier molecular flexibility index (Phi) is 3.63. The molecular formula is C18H12ClN3O3. The zero-order valence-electron chi connectivity index (χ0n) is 13.1. The van der Waals surface area contributed by atoms with Gasteiger partial charge in [0, 0.05) is 10.2 Å². The third kappa shape index (κ3) is 2.71. The van der Waals surface area contributed by atoms with Gasteiger partial charge in [0.25, 0.3) is 5.91 Å². The first-order valence-electron chi connectivity index (χ1n) is 7.51. The number of carbonyl (C=O) groups excluding carboxylic acids is 2. The van der Waals surface area contributed by atoms with Crippen LogP contribution in [-0.2, 0) is 14.4 Å². The van der Waals surface area contributed by atoms with Crippen molar-refractivity contribution in [2.24, 2.45) is 4.99 Å². The van der Waals surface area contributed by atoms with E-state index in [-0.39, 0.29) is 5.70 Å². The second kappa shape index (κ2) is 5.84. The van der Waals surface area contributed by atoms with Crippen molar-refractivity contribution in [1.29, 1.82) is 0 Å². The molecular weight excluding hydrogens is 342 g/mol. The van der Waals surface area contributed by atoms with Crippen molar-refractivity contribution in [1.82, 2.24) is 5.59 Å². The van der Waals surface area contributed by atoms with Crippen LogP contribution in [0.5, 0.6) is 0 Å². The van der Waals surface area contributed by atoms with Gasteiger partial charge in [-0.3, -0.25) is 4.79 Å². The van der Waals surface area contributed by atoms with Gasteiger partial charge in [0.05, 0.1) is 16.6 Å². The van der Waals surface area contributed by atoms with Crippen molar-refractivity contribution in [3.8, 4) is 0 Å². The van der Waals surface area contributed by atoms with Crippen LogP contribution in [0.2, 0.25) is 5.02 Å². The Labute approximate surface area is 147 Å². The lowest BCUT2D eigenvalue weighted by molar-refractivity contribution is -0.140. The highest BCUT2D eigenvalue weighted by Gasteiger charge is 2.30. The zero-order valence-corrected chi connectivity index (χ0v) is 13.9. The fourth-order valence-electron chi connectivity index (χ4n) is 2.67. The van der Waals surface area contributed by atoms with Gasteiger partial charge in [0.1, 0.15) is 5.70 Å². The van der Waals surface area contributed by atoms with Crippen LogP contribution in [0, 0.1) is 6.92 Å². The Morgan fingerprint density at radius 2 is 1.92 bits per heavy atom. The summed E-state index contributed by atoms with van der Waals surface area (Å²) in [5, 5.41) is 3.09. The van der Waals surface area contributed by atoms with Gasteiger partial charge in [-0.25, -0.2) is 14.8 Å². The average molecular weight is 354 g/mol. The van der Waals surface area contributed by atoms with Crippen LogP contribution >= 0.6 is 11.6 Å². The lowest BCUT2D eigenvalue weighted by Crippen LogP contribution is -2.29. The van der Waals surface area contributed by atoms with Crippen molar-refractivity contribution in [2.75, 3.05) is 5.01 Å². The number of benzene rings is 2. The van der Waals surface area contributed by atoms with E-state index in [9.17, 15) is 9.59 Å². The molecule has 2 aromatic rings. The Hall–Kier alpha value is -2.96. The van der Waals surface area contributed by atoms with E-state index in [1.54, 1.807) is 18.2 Å². The first-order valence-corrected chi connectivity index (χ1v) is 7.89. The molecule has 0 bridgehead atoms. The number of nitrogens with one attached hydrogen (secondary N) is 1. The normalized spacial score (nSPS) is 17.8. The van der Waals surface area contributed by atoms with Crippen LogP contribution in [0.25, 0.3) is 5.57 Å². The first kappa shape index (κ1) is 15.6. The molecule has 2 aliphatic rings. The number of amides is 1. The Bertz CT molecular complexity index is 1060. The molecule has 25 heavy (non-hydrogen) atoms. The SMILES string of the molecule is Cc1ccc(N2NOC(=O)C2=CC2=c3cc(Cl)ccc3=NC2=O)cc1. The van der Waals surface area contributed by atoms with Gasteiger partial charge in [0.2, 0.25) is 0 Å². The Morgan fingerprint density at radius 1 is 1.16 bits per heavy atom. The minimum absolute atomic E-state index is 0.190. The van der Waals surface area contributed by atoms with Crippen molar-refractivity contribution in [2.45, 2.75) is 6.92 Å². The van der Waals surface area contributed by atoms with Crippen LogP contribution in [0.4, 0.5) is 5.69 Å². The van der Waals surface area contributed by atoms with Crippen molar-refractivity contribution in [3.63, 3.8) is 0 Å². The standard InChI is InChI=1S/C18H12ClN3O3/c1-10-2-5-12(6-3-10)22-16(18(24)25-21-22)9-14-13-8-11(19)4-7-15(13)20-17(14)23/h2-9,21H,1H3. The molecule has 1 fully saturated rings. The van der Waals surface area contributed by atoms with Crippen LogP contribution in [0.15, 0.2) is 59.2 Å². The van der Waals surface area contributed by atoms with Gasteiger partial charge in [-0.15, -0.1) is 0 Å². The molecule has 0 saturated carbocycles. The smallest absolute Gasteiger partial charge is 0.345 e. The molecule has 0 aromatic heterocycles. The van der Waals surface area contributed by atoms with Crippen molar-refractivity contribution < 1.29 is 14.4 Å². The molecule has 7 heteroatoms. The molecule has 0 unspecified atom stereocenters. The summed E-state index contributed by atoms with van der Waals surface area (Å²) in [6.45, 7) is 1.97.